The van der Waals surface area contributed by atoms with Gasteiger partial charge in [0.25, 0.3) is 0 Å². The predicted octanol–water partition coefficient (Wildman–Crippen LogP) is 3.64. The summed E-state index contributed by atoms with van der Waals surface area (Å²) in [5.41, 5.74) is -0.160. The number of aromatic nitrogens is 2. The molecule has 6 heteroatoms. The van der Waals surface area contributed by atoms with E-state index in [2.05, 4.69) is 26.9 Å². The second kappa shape index (κ2) is 7.22. The average molecular weight is 363 g/mol. The summed E-state index contributed by atoms with van der Waals surface area (Å²) in [6.45, 7) is 4.94. The van der Waals surface area contributed by atoms with Gasteiger partial charge in [0.1, 0.15) is 5.01 Å². The maximum atomic E-state index is 13.4. The quantitative estimate of drug-likeness (QED) is 0.820. The molecule has 5 nitrogen and oxygen atoms in total. The molecule has 1 amide bonds. The van der Waals surface area contributed by atoms with Crippen molar-refractivity contribution < 1.29 is 4.79 Å². The molecular formula is C19H30N4OS. The Morgan fingerprint density at radius 1 is 1.12 bits per heavy atom. The molecule has 138 valence electrons. The zero-order valence-corrected chi connectivity index (χ0v) is 16.2. The van der Waals surface area contributed by atoms with Crippen molar-refractivity contribution in [2.24, 2.45) is 5.41 Å². The number of nitrogens with zero attached hydrogens (tertiary/aromatic N) is 4. The first-order chi connectivity index (χ1) is 12.2. The number of amides is 1. The van der Waals surface area contributed by atoms with Crippen LogP contribution in [0.15, 0.2) is 0 Å². The zero-order valence-electron chi connectivity index (χ0n) is 15.4. The molecule has 1 aromatic heterocycles. The standard InChI is InChI=1S/C19H30N4OS/c1-2-7-16-20-21-18(25-16)22-13-11-19(14-22)10-6-12-23(17(19)24)15-8-4-3-5-9-15/h15H,2-14H2,1H3/t19-/m0/s1. The Labute approximate surface area is 154 Å². The van der Waals surface area contributed by atoms with Gasteiger partial charge < -0.3 is 9.80 Å². The summed E-state index contributed by atoms with van der Waals surface area (Å²) in [6, 6.07) is 0.505. The van der Waals surface area contributed by atoms with Crippen LogP contribution in [0.4, 0.5) is 5.13 Å². The Balaban J connectivity index is 1.46. The summed E-state index contributed by atoms with van der Waals surface area (Å²) in [6.07, 6.45) is 11.6. The van der Waals surface area contributed by atoms with Crippen molar-refractivity contribution in [3.8, 4) is 0 Å². The molecule has 4 rings (SSSR count). The summed E-state index contributed by atoms with van der Waals surface area (Å²) >= 11 is 1.71. The highest BCUT2D eigenvalue weighted by molar-refractivity contribution is 7.15. The number of carbonyl (C=O) groups is 1. The lowest BCUT2D eigenvalue weighted by molar-refractivity contribution is -0.148. The minimum Gasteiger partial charge on any atom is -0.346 e. The zero-order chi connectivity index (χ0) is 17.3. The molecule has 1 aromatic rings. The molecule has 25 heavy (non-hydrogen) atoms. The highest BCUT2D eigenvalue weighted by Crippen LogP contribution is 2.43. The van der Waals surface area contributed by atoms with E-state index in [-0.39, 0.29) is 5.41 Å². The summed E-state index contributed by atoms with van der Waals surface area (Å²) in [7, 11) is 0. The van der Waals surface area contributed by atoms with E-state index in [1.807, 2.05) is 0 Å². The molecule has 3 heterocycles. The van der Waals surface area contributed by atoms with Gasteiger partial charge in [-0.05, 0) is 38.5 Å². The van der Waals surface area contributed by atoms with E-state index in [0.29, 0.717) is 11.9 Å². The first-order valence-corrected chi connectivity index (χ1v) is 10.9. The maximum Gasteiger partial charge on any atom is 0.230 e. The van der Waals surface area contributed by atoms with Crippen molar-refractivity contribution in [3.63, 3.8) is 0 Å². The molecule has 2 aliphatic heterocycles. The van der Waals surface area contributed by atoms with Gasteiger partial charge in [0.05, 0.1) is 5.41 Å². The fraction of sp³-hybridized carbons (Fsp3) is 0.842. The van der Waals surface area contributed by atoms with E-state index >= 15 is 0 Å². The molecule has 1 saturated carbocycles. The number of likely N-dealkylation sites (tertiary alicyclic amines) is 1. The highest BCUT2D eigenvalue weighted by atomic mass is 32.1. The van der Waals surface area contributed by atoms with Crippen molar-refractivity contribution in [1.29, 1.82) is 0 Å². The second-order valence-electron chi connectivity index (χ2n) is 8.07. The van der Waals surface area contributed by atoms with Crippen molar-refractivity contribution >= 4 is 22.4 Å². The fourth-order valence-corrected chi connectivity index (χ4v) is 5.91. The summed E-state index contributed by atoms with van der Waals surface area (Å²) in [5.74, 6) is 0.437. The summed E-state index contributed by atoms with van der Waals surface area (Å²) in [5, 5.41) is 10.9. The van der Waals surface area contributed by atoms with Crippen LogP contribution in [0.25, 0.3) is 0 Å². The molecule has 0 aromatic carbocycles. The Hall–Kier alpha value is -1.17. The number of carbonyl (C=O) groups excluding carboxylic acids is 1. The third kappa shape index (κ3) is 3.29. The van der Waals surface area contributed by atoms with Crippen LogP contribution in [0.1, 0.15) is 69.7 Å². The van der Waals surface area contributed by atoms with Gasteiger partial charge in [-0.3, -0.25) is 4.79 Å². The molecule has 3 aliphatic rings. The molecule has 0 radical (unpaired) electrons. The summed E-state index contributed by atoms with van der Waals surface area (Å²) < 4.78 is 0. The van der Waals surface area contributed by atoms with E-state index in [0.717, 1.165) is 61.9 Å². The van der Waals surface area contributed by atoms with E-state index in [1.54, 1.807) is 11.3 Å². The predicted molar refractivity (Wildman–Crippen MR) is 101 cm³/mol. The fourth-order valence-electron chi connectivity index (χ4n) is 4.94. The van der Waals surface area contributed by atoms with Gasteiger partial charge in [0.15, 0.2) is 0 Å². The lowest BCUT2D eigenvalue weighted by Gasteiger charge is -2.44. The highest BCUT2D eigenvalue weighted by Gasteiger charge is 2.50. The van der Waals surface area contributed by atoms with Crippen molar-refractivity contribution in [2.75, 3.05) is 24.5 Å². The Kier molecular flexibility index (Phi) is 4.98. The van der Waals surface area contributed by atoms with Gasteiger partial charge in [0, 0.05) is 32.1 Å². The van der Waals surface area contributed by atoms with Crippen LogP contribution in [0, 0.1) is 5.41 Å². The van der Waals surface area contributed by atoms with E-state index in [4.69, 9.17) is 0 Å². The van der Waals surface area contributed by atoms with Crippen LogP contribution in [-0.4, -0.2) is 46.7 Å². The normalized spacial score (nSPS) is 28.3. The number of piperidine rings is 1. The van der Waals surface area contributed by atoms with E-state index in [1.165, 1.54) is 32.1 Å². The molecular weight excluding hydrogens is 332 g/mol. The average Bonchev–Trinajstić information content (AvgIpc) is 3.27. The van der Waals surface area contributed by atoms with Crippen LogP contribution in [-0.2, 0) is 11.2 Å². The summed E-state index contributed by atoms with van der Waals surface area (Å²) in [4.78, 5) is 18.0. The monoisotopic (exact) mass is 362 g/mol. The molecule has 0 unspecified atom stereocenters. The number of rotatable bonds is 4. The smallest absolute Gasteiger partial charge is 0.230 e. The van der Waals surface area contributed by atoms with E-state index in [9.17, 15) is 4.79 Å². The van der Waals surface area contributed by atoms with Crippen LogP contribution < -0.4 is 4.90 Å². The number of hydrogen-bond donors (Lipinski definition) is 0. The molecule has 1 spiro atoms. The lowest BCUT2D eigenvalue weighted by atomic mass is 9.77. The molecule has 2 saturated heterocycles. The van der Waals surface area contributed by atoms with Gasteiger partial charge in [-0.25, -0.2) is 0 Å². The minimum atomic E-state index is -0.160. The third-order valence-electron chi connectivity index (χ3n) is 6.33. The number of anilines is 1. The van der Waals surface area contributed by atoms with Crippen molar-refractivity contribution in [2.45, 2.75) is 77.2 Å². The van der Waals surface area contributed by atoms with Gasteiger partial charge in [-0.2, -0.15) is 0 Å². The first-order valence-electron chi connectivity index (χ1n) is 10.1. The Morgan fingerprint density at radius 2 is 1.96 bits per heavy atom. The van der Waals surface area contributed by atoms with Crippen molar-refractivity contribution in [3.05, 3.63) is 5.01 Å². The molecule has 0 bridgehead atoms. The van der Waals surface area contributed by atoms with Crippen molar-refractivity contribution in [1.82, 2.24) is 15.1 Å². The topological polar surface area (TPSA) is 49.3 Å². The second-order valence-corrected chi connectivity index (χ2v) is 9.11. The third-order valence-corrected chi connectivity index (χ3v) is 7.37. The van der Waals surface area contributed by atoms with Gasteiger partial charge in [-0.15, -0.1) is 10.2 Å². The van der Waals surface area contributed by atoms with Crippen LogP contribution in [0.3, 0.4) is 0 Å². The number of aryl methyl sites for hydroxylation is 1. The van der Waals surface area contributed by atoms with E-state index < -0.39 is 0 Å². The number of hydrogen-bond acceptors (Lipinski definition) is 5. The Morgan fingerprint density at radius 3 is 2.76 bits per heavy atom. The molecule has 3 fully saturated rings. The lowest BCUT2D eigenvalue weighted by Crippen LogP contribution is -2.54. The van der Waals surface area contributed by atoms with Crippen LogP contribution in [0.5, 0.6) is 0 Å². The molecule has 0 N–H and O–H groups in total. The molecule has 1 aliphatic carbocycles. The maximum absolute atomic E-state index is 13.4. The molecule has 1 atom stereocenters. The van der Waals surface area contributed by atoms with Gasteiger partial charge in [0.2, 0.25) is 11.0 Å². The SMILES string of the molecule is CCCc1nnc(N2CC[C@@]3(CCCN(C4CCCCC4)C3=O)C2)s1. The minimum absolute atomic E-state index is 0.160. The first kappa shape index (κ1) is 17.3. The Bertz CT molecular complexity index is 612. The van der Waals surface area contributed by atoms with Crippen LogP contribution in [0.2, 0.25) is 0 Å². The van der Waals surface area contributed by atoms with Gasteiger partial charge >= 0.3 is 0 Å². The van der Waals surface area contributed by atoms with Gasteiger partial charge in [-0.1, -0.05) is 37.5 Å². The van der Waals surface area contributed by atoms with Crippen LogP contribution >= 0.6 is 11.3 Å². The largest absolute Gasteiger partial charge is 0.346 e.